The molecule has 0 unspecified atom stereocenters. The topological polar surface area (TPSA) is 28.7 Å². The van der Waals surface area contributed by atoms with Crippen LogP contribution in [0, 0.1) is 39.0 Å². The van der Waals surface area contributed by atoms with Crippen molar-refractivity contribution in [3.8, 4) is 6.07 Å². The molecule has 0 aliphatic carbocycles. The van der Waals surface area contributed by atoms with Gasteiger partial charge in [-0.3, -0.25) is 0 Å². The highest BCUT2D eigenvalue weighted by Crippen LogP contribution is 2.18. The average molecular weight is 238 g/mol. The molecule has 0 saturated heterocycles. The van der Waals surface area contributed by atoms with Crippen LogP contribution >= 0.6 is 0 Å². The number of rotatable bonds is 2. The molecule has 0 atom stereocenters. The largest absolute Gasteiger partial charge is 0.347 e. The normalized spacial score (nSPS) is 10.4. The summed E-state index contributed by atoms with van der Waals surface area (Å²) >= 11 is 0. The van der Waals surface area contributed by atoms with E-state index in [1.54, 1.807) is 0 Å². The summed E-state index contributed by atoms with van der Waals surface area (Å²) in [5.74, 6) is 0. The number of hydrogen-bond acceptors (Lipinski definition) is 1. The third-order valence-electron chi connectivity index (χ3n) is 3.73. The third kappa shape index (κ3) is 2.17. The standard InChI is InChI=1S/C16H18N2/c1-11-7-15(8-17)5-6-16(11)10-18-9-12(2)13(3)14(18)4/h5-7,9H,10H2,1-4H3. The SMILES string of the molecule is Cc1cc(C#N)ccc1Cn1cc(C)c(C)c1C. The van der Waals surface area contributed by atoms with Gasteiger partial charge in [0, 0.05) is 18.4 Å². The summed E-state index contributed by atoms with van der Waals surface area (Å²) in [6, 6.07) is 8.07. The van der Waals surface area contributed by atoms with Crippen molar-refractivity contribution in [2.75, 3.05) is 0 Å². The first-order valence-corrected chi connectivity index (χ1v) is 6.15. The van der Waals surface area contributed by atoms with Crippen LogP contribution in [0.4, 0.5) is 0 Å². The molecule has 0 saturated carbocycles. The van der Waals surface area contributed by atoms with Gasteiger partial charge >= 0.3 is 0 Å². The Hall–Kier alpha value is -2.01. The highest BCUT2D eigenvalue weighted by molar-refractivity contribution is 5.38. The summed E-state index contributed by atoms with van der Waals surface area (Å²) in [6.07, 6.45) is 2.20. The molecule has 1 aromatic carbocycles. The Labute approximate surface area is 108 Å². The van der Waals surface area contributed by atoms with Gasteiger partial charge in [0.15, 0.2) is 0 Å². The number of nitriles is 1. The van der Waals surface area contributed by atoms with Crippen molar-refractivity contribution in [1.82, 2.24) is 4.57 Å². The van der Waals surface area contributed by atoms with E-state index >= 15 is 0 Å². The number of hydrogen-bond donors (Lipinski definition) is 0. The molecule has 0 bridgehead atoms. The van der Waals surface area contributed by atoms with Crippen molar-refractivity contribution < 1.29 is 0 Å². The Balaban J connectivity index is 2.35. The van der Waals surface area contributed by atoms with Gasteiger partial charge in [0.2, 0.25) is 0 Å². The first-order chi connectivity index (χ1) is 8.52. The zero-order valence-corrected chi connectivity index (χ0v) is 11.4. The zero-order chi connectivity index (χ0) is 13.3. The minimum absolute atomic E-state index is 0.729. The fourth-order valence-corrected chi connectivity index (χ4v) is 2.22. The second-order valence-electron chi connectivity index (χ2n) is 4.90. The van der Waals surface area contributed by atoms with E-state index < -0.39 is 0 Å². The van der Waals surface area contributed by atoms with Crippen molar-refractivity contribution in [3.63, 3.8) is 0 Å². The second kappa shape index (κ2) is 4.70. The van der Waals surface area contributed by atoms with E-state index in [0.29, 0.717) is 0 Å². The first kappa shape index (κ1) is 12.4. The molecule has 0 spiro atoms. The van der Waals surface area contributed by atoms with Gasteiger partial charge in [0.25, 0.3) is 0 Å². The highest BCUT2D eigenvalue weighted by atomic mass is 15.0. The van der Waals surface area contributed by atoms with Gasteiger partial charge in [-0.2, -0.15) is 5.26 Å². The molecule has 2 aromatic rings. The Morgan fingerprint density at radius 1 is 1.11 bits per heavy atom. The Kier molecular flexibility index (Phi) is 3.25. The summed E-state index contributed by atoms with van der Waals surface area (Å²) in [6.45, 7) is 9.39. The number of benzene rings is 1. The highest BCUT2D eigenvalue weighted by Gasteiger charge is 2.07. The molecule has 0 aliphatic rings. The van der Waals surface area contributed by atoms with Crippen LogP contribution in [-0.4, -0.2) is 4.57 Å². The molecule has 2 rings (SSSR count). The maximum Gasteiger partial charge on any atom is 0.0991 e. The van der Waals surface area contributed by atoms with Crippen molar-refractivity contribution in [2.24, 2.45) is 0 Å². The fraction of sp³-hybridized carbons (Fsp3) is 0.312. The van der Waals surface area contributed by atoms with Crippen molar-refractivity contribution in [3.05, 3.63) is 57.9 Å². The maximum absolute atomic E-state index is 8.87. The lowest BCUT2D eigenvalue weighted by molar-refractivity contribution is 0.768. The van der Waals surface area contributed by atoms with Gasteiger partial charge in [-0.15, -0.1) is 0 Å². The molecule has 2 nitrogen and oxygen atoms in total. The fourth-order valence-electron chi connectivity index (χ4n) is 2.22. The summed E-state index contributed by atoms with van der Waals surface area (Å²) in [5.41, 5.74) is 7.19. The molecule has 0 aliphatic heterocycles. The summed E-state index contributed by atoms with van der Waals surface area (Å²) in [7, 11) is 0. The van der Waals surface area contributed by atoms with Crippen molar-refractivity contribution in [2.45, 2.75) is 34.2 Å². The van der Waals surface area contributed by atoms with Gasteiger partial charge < -0.3 is 4.57 Å². The Morgan fingerprint density at radius 2 is 1.83 bits per heavy atom. The van der Waals surface area contributed by atoms with Crippen LogP contribution in [0.2, 0.25) is 0 Å². The van der Waals surface area contributed by atoms with E-state index in [2.05, 4.69) is 50.6 Å². The van der Waals surface area contributed by atoms with E-state index in [0.717, 1.165) is 12.1 Å². The molecule has 0 fully saturated rings. The number of aromatic nitrogens is 1. The van der Waals surface area contributed by atoms with Crippen LogP contribution < -0.4 is 0 Å². The minimum atomic E-state index is 0.729. The minimum Gasteiger partial charge on any atom is -0.347 e. The molecule has 18 heavy (non-hydrogen) atoms. The second-order valence-corrected chi connectivity index (χ2v) is 4.90. The first-order valence-electron chi connectivity index (χ1n) is 6.15. The molecule has 0 N–H and O–H groups in total. The molecule has 92 valence electrons. The molecular weight excluding hydrogens is 220 g/mol. The molecular formula is C16H18N2. The lowest BCUT2D eigenvalue weighted by Gasteiger charge is -2.10. The zero-order valence-electron chi connectivity index (χ0n) is 11.4. The lowest BCUT2D eigenvalue weighted by atomic mass is 10.1. The lowest BCUT2D eigenvalue weighted by Crippen LogP contribution is -2.02. The van der Waals surface area contributed by atoms with Crippen molar-refractivity contribution >= 4 is 0 Å². The third-order valence-corrected chi connectivity index (χ3v) is 3.73. The summed E-state index contributed by atoms with van der Waals surface area (Å²) in [5, 5.41) is 8.87. The average Bonchev–Trinajstić information content (AvgIpc) is 2.59. The van der Waals surface area contributed by atoms with E-state index in [9.17, 15) is 0 Å². The summed E-state index contributed by atoms with van der Waals surface area (Å²) < 4.78 is 2.28. The van der Waals surface area contributed by atoms with Crippen molar-refractivity contribution in [1.29, 1.82) is 5.26 Å². The van der Waals surface area contributed by atoms with Crippen LogP contribution in [0.15, 0.2) is 24.4 Å². The molecule has 0 amide bonds. The number of aryl methyl sites for hydroxylation is 2. The van der Waals surface area contributed by atoms with E-state index in [1.165, 1.54) is 27.9 Å². The van der Waals surface area contributed by atoms with Gasteiger partial charge in [-0.1, -0.05) is 6.07 Å². The molecule has 1 heterocycles. The van der Waals surface area contributed by atoms with Gasteiger partial charge in [0.05, 0.1) is 11.6 Å². The van der Waals surface area contributed by atoms with E-state index in [4.69, 9.17) is 5.26 Å². The van der Waals surface area contributed by atoms with E-state index in [-0.39, 0.29) is 0 Å². The van der Waals surface area contributed by atoms with Crippen LogP contribution in [0.1, 0.15) is 33.5 Å². The Morgan fingerprint density at radius 3 is 2.33 bits per heavy atom. The molecule has 1 aromatic heterocycles. The summed E-state index contributed by atoms with van der Waals surface area (Å²) in [4.78, 5) is 0. The molecule has 0 radical (unpaired) electrons. The smallest absolute Gasteiger partial charge is 0.0991 e. The van der Waals surface area contributed by atoms with Crippen LogP contribution in [0.25, 0.3) is 0 Å². The van der Waals surface area contributed by atoms with Crippen LogP contribution in [-0.2, 0) is 6.54 Å². The van der Waals surface area contributed by atoms with E-state index in [1.807, 2.05) is 12.1 Å². The predicted molar refractivity (Wildman–Crippen MR) is 73.6 cm³/mol. The van der Waals surface area contributed by atoms with Crippen LogP contribution in [0.3, 0.4) is 0 Å². The maximum atomic E-state index is 8.87. The molecule has 2 heteroatoms. The predicted octanol–water partition coefficient (Wildman–Crippen LogP) is 3.64. The van der Waals surface area contributed by atoms with Crippen LogP contribution in [0.5, 0.6) is 0 Å². The van der Waals surface area contributed by atoms with Gasteiger partial charge in [-0.25, -0.2) is 0 Å². The number of nitrogens with zero attached hydrogens (tertiary/aromatic N) is 2. The quantitative estimate of drug-likeness (QED) is 0.785. The Bertz CT molecular complexity index is 627. The van der Waals surface area contributed by atoms with Gasteiger partial charge in [0.1, 0.15) is 0 Å². The van der Waals surface area contributed by atoms with Gasteiger partial charge in [-0.05, 0) is 62.1 Å². The monoisotopic (exact) mass is 238 g/mol.